The van der Waals surface area contributed by atoms with Gasteiger partial charge in [-0.05, 0) is 86.8 Å². The summed E-state index contributed by atoms with van der Waals surface area (Å²) in [6.07, 6.45) is 17.7. The van der Waals surface area contributed by atoms with Crippen molar-refractivity contribution in [1.29, 1.82) is 0 Å². The molecule has 0 saturated carbocycles. The molecular weight excluding hydrogens is 715 g/mol. The Bertz CT molecular complexity index is 1090. The van der Waals surface area contributed by atoms with Gasteiger partial charge in [-0.15, -0.1) is 0 Å². The van der Waals surface area contributed by atoms with Gasteiger partial charge in [0.05, 0.1) is 0 Å². The van der Waals surface area contributed by atoms with Crippen molar-refractivity contribution in [2.75, 3.05) is 0 Å². The van der Waals surface area contributed by atoms with Gasteiger partial charge in [-0.3, -0.25) is 0 Å². The number of benzene rings is 2. The van der Waals surface area contributed by atoms with Crippen LogP contribution in [0.15, 0.2) is 59.7 Å². The van der Waals surface area contributed by atoms with E-state index in [0.717, 1.165) is 67.5 Å². The molecule has 0 atom stereocenters. The van der Waals surface area contributed by atoms with E-state index in [1.165, 1.54) is 73.6 Å². The molecule has 1 heterocycles. The van der Waals surface area contributed by atoms with Gasteiger partial charge in [0.25, 0.3) is 0 Å². The summed E-state index contributed by atoms with van der Waals surface area (Å²) in [5, 5.41) is 0. The van der Waals surface area contributed by atoms with Crippen LogP contribution in [-0.2, 0) is 26.8 Å². The molecule has 0 amide bonds. The first-order valence-corrected chi connectivity index (χ1v) is 22.6. The molecule has 0 radical (unpaired) electrons. The van der Waals surface area contributed by atoms with E-state index in [1.54, 1.807) is 4.70 Å². The first-order valence-electron chi connectivity index (χ1n) is 15.5. The van der Waals surface area contributed by atoms with Gasteiger partial charge in [0.15, 0.2) is 0 Å². The van der Waals surface area contributed by atoms with Crippen molar-refractivity contribution < 1.29 is 18.6 Å². The molecule has 1 aliphatic heterocycles. The third-order valence-electron chi connectivity index (χ3n) is 7.74. The van der Waals surface area contributed by atoms with Crippen molar-refractivity contribution in [3.8, 4) is 0 Å². The van der Waals surface area contributed by atoms with Crippen LogP contribution < -0.4 is 0 Å². The molecule has 0 bridgehead atoms. The molecule has 5 heteroatoms. The van der Waals surface area contributed by atoms with E-state index in [4.69, 9.17) is 0 Å². The Morgan fingerprint density at radius 1 is 0.575 bits per heavy atom. The van der Waals surface area contributed by atoms with Crippen LogP contribution in [0.25, 0.3) is 16.9 Å². The topological polar surface area (TPSA) is 25.3 Å². The van der Waals surface area contributed by atoms with Gasteiger partial charge in [0, 0.05) is 22.3 Å². The summed E-state index contributed by atoms with van der Waals surface area (Å²) >= 11 is 6.80. The Hall–Kier alpha value is -0.858. The predicted octanol–water partition coefficient (Wildman–Crippen LogP) is 12.8. The molecule has 0 saturated heterocycles. The molecule has 0 unspecified atom stereocenters. The van der Waals surface area contributed by atoms with Crippen molar-refractivity contribution in [2.24, 2.45) is 0 Å². The zero-order valence-corrected chi connectivity index (χ0v) is 29.9. The zero-order valence-electron chi connectivity index (χ0n) is 25.2. The van der Waals surface area contributed by atoms with E-state index in [2.05, 4.69) is 103 Å². The number of hydrogen-bond acceptors (Lipinski definition) is 0. The Kier molecular flexibility index (Phi) is 18.5. The molecule has 0 aliphatic carbocycles. The fourth-order valence-corrected chi connectivity index (χ4v) is 5.53. The van der Waals surface area contributed by atoms with Crippen LogP contribution in [0.5, 0.6) is 0 Å². The summed E-state index contributed by atoms with van der Waals surface area (Å²) in [6, 6.07) is 17.9. The fraction of sp³-hybridized carbons (Fsp3) is 0.543. The van der Waals surface area contributed by atoms with E-state index in [0.29, 0.717) is 13.9 Å². The monoisotopic (exact) mass is 762 g/mol. The van der Waals surface area contributed by atoms with E-state index in [1.807, 2.05) is 0 Å². The maximum atomic E-state index is 11.8. The Morgan fingerprint density at radius 3 is 1.70 bits per heavy atom. The van der Waals surface area contributed by atoms with E-state index in [9.17, 15) is 5.53 Å². The van der Waals surface area contributed by atoms with Crippen molar-refractivity contribution in [2.45, 2.75) is 124 Å². The van der Waals surface area contributed by atoms with Crippen LogP contribution >= 0.6 is 26.9 Å². The number of nitrogens with zero attached hydrogens (tertiary/aromatic N) is 2. The summed E-state index contributed by atoms with van der Waals surface area (Å²) < 4.78 is 1.54. The van der Waals surface area contributed by atoms with Gasteiger partial charge in [-0.25, -0.2) is 4.70 Å². The number of hydrogen-bond donors (Lipinski definition) is 0. The van der Waals surface area contributed by atoms with E-state index >= 15 is 0 Å². The molecule has 2 aromatic carbocycles. The number of aryl methyl sites for hydroxylation is 2. The van der Waals surface area contributed by atoms with Crippen molar-refractivity contribution in [3.05, 3.63) is 87.5 Å². The average molecular weight is 765 g/mol. The van der Waals surface area contributed by atoms with Crippen molar-refractivity contribution in [3.63, 3.8) is 0 Å². The van der Waals surface area contributed by atoms with Crippen LogP contribution in [0, 0.1) is 0 Å². The van der Waals surface area contributed by atoms with Gasteiger partial charge in [-0.2, -0.15) is 0 Å². The average Bonchev–Trinajstić information content (AvgIpc) is 3.24. The normalized spacial score (nSPS) is 13.3. The van der Waals surface area contributed by atoms with Gasteiger partial charge in [-0.1, -0.05) is 96.9 Å². The minimum absolute atomic E-state index is 0.575. The first kappa shape index (κ1) is 35.3. The molecular formula is C35H50Br2N2Pd. The summed E-state index contributed by atoms with van der Waals surface area (Å²) in [4.78, 5) is 0. The molecule has 0 spiro atoms. The van der Waals surface area contributed by atoms with Crippen LogP contribution in [-0.4, -0.2) is 4.70 Å². The third kappa shape index (κ3) is 11.1. The van der Waals surface area contributed by atoms with Crippen molar-refractivity contribution in [1.82, 2.24) is 0 Å². The second-order valence-corrected chi connectivity index (χ2v) is 18.1. The Morgan fingerprint density at radius 2 is 1.07 bits per heavy atom. The summed E-state index contributed by atoms with van der Waals surface area (Å²) in [5.41, 5.74) is 21.6. The zero-order chi connectivity index (χ0) is 29.2. The van der Waals surface area contributed by atoms with Crippen LogP contribution in [0.1, 0.15) is 133 Å². The molecule has 2 aromatic rings. The minimum atomic E-state index is 0.575. The summed E-state index contributed by atoms with van der Waals surface area (Å²) in [7, 11) is 0. The molecule has 224 valence electrons. The second-order valence-electron chi connectivity index (χ2n) is 10.9. The quantitative estimate of drug-likeness (QED) is 0.0871. The second kappa shape index (κ2) is 20.9. The molecule has 0 N–H and O–H groups in total. The van der Waals surface area contributed by atoms with E-state index in [-0.39, 0.29) is 0 Å². The van der Waals surface area contributed by atoms with Gasteiger partial charge < -0.3 is 5.53 Å². The number of halogens is 2. The fourth-order valence-electron chi connectivity index (χ4n) is 5.53. The van der Waals surface area contributed by atoms with Crippen LogP contribution in [0.2, 0.25) is 0 Å². The molecule has 3 rings (SSSR count). The van der Waals surface area contributed by atoms with E-state index < -0.39 is 0 Å². The van der Waals surface area contributed by atoms with Gasteiger partial charge in [0.1, 0.15) is 0 Å². The van der Waals surface area contributed by atoms with Crippen LogP contribution in [0.3, 0.4) is 0 Å². The number of allylic oxidation sites excluding steroid dienone is 2. The predicted molar refractivity (Wildman–Crippen MR) is 178 cm³/mol. The molecule has 2 nitrogen and oxygen atoms in total. The third-order valence-corrected chi connectivity index (χ3v) is 7.74. The molecule has 40 heavy (non-hydrogen) atoms. The standard InChI is InChI=1S/C35H50N2.2BrH.Pd/c1-5-9-13-15-18-28-23-25-30(26-24-28)34-32(21-12-8-4)33(22-14-10-6-2)35(37(34)36)31-20-16-19-29(27-31)17-11-7-3;;;/h16,19-20,23-27H,5-15,17-18,21-22H2,1-4H3;2*1H;/q;;;+2/p-2. The van der Waals surface area contributed by atoms with Crippen molar-refractivity contribution >= 4 is 38.3 Å². The van der Waals surface area contributed by atoms with Crippen LogP contribution in [0.4, 0.5) is 0 Å². The SMILES string of the molecule is CCCCCCc1ccc(C2=C(CCCC)C(CCCCC)=C(c3cccc(CCCC)c3)[N+]2=[N-])cc1.[Br][Pd][Br]. The number of unbranched alkanes of at least 4 members (excludes halogenated alkanes) is 7. The Balaban J connectivity index is 0.00000178. The van der Waals surface area contributed by atoms with Gasteiger partial charge >= 0.3 is 40.8 Å². The summed E-state index contributed by atoms with van der Waals surface area (Å²) in [5.74, 6) is 0. The molecule has 1 aliphatic rings. The Labute approximate surface area is 266 Å². The number of rotatable bonds is 17. The molecule has 0 aromatic heterocycles. The first-order chi connectivity index (χ1) is 19.6. The summed E-state index contributed by atoms with van der Waals surface area (Å²) in [6.45, 7) is 9.04. The maximum absolute atomic E-state index is 11.8. The molecule has 0 fully saturated rings. The van der Waals surface area contributed by atoms with Gasteiger partial charge in [0.2, 0.25) is 11.4 Å².